The van der Waals surface area contributed by atoms with Gasteiger partial charge < -0.3 is 10.1 Å². The zero-order chi connectivity index (χ0) is 20.8. The van der Waals surface area contributed by atoms with Crippen LogP contribution in [0, 0.1) is 6.92 Å². The molecule has 4 rings (SSSR count). The first-order chi connectivity index (χ1) is 14.7. The van der Waals surface area contributed by atoms with E-state index in [1.165, 1.54) is 0 Å². The van der Waals surface area contributed by atoms with Gasteiger partial charge in [-0.25, -0.2) is 4.98 Å². The predicted octanol–water partition coefficient (Wildman–Crippen LogP) is 5.48. The number of aryl methyl sites for hydroxylation is 1. The molecular weight excluding hydrogens is 392 g/mol. The summed E-state index contributed by atoms with van der Waals surface area (Å²) in [6, 6.07) is 25.9. The molecule has 1 aromatic heterocycles. The molecule has 1 N–H and O–H groups in total. The fourth-order valence-corrected chi connectivity index (χ4v) is 3.85. The van der Waals surface area contributed by atoms with Gasteiger partial charge in [0, 0.05) is 23.1 Å². The lowest BCUT2D eigenvalue weighted by molar-refractivity contribution is -0.123. The number of carbonyl (C=O) groups excluding carboxylic acids is 1. The molecule has 0 aliphatic carbocycles. The van der Waals surface area contributed by atoms with Gasteiger partial charge in [0.1, 0.15) is 10.8 Å². The summed E-state index contributed by atoms with van der Waals surface area (Å²) in [5.74, 6) is 0.556. The van der Waals surface area contributed by atoms with E-state index in [0.29, 0.717) is 12.3 Å². The van der Waals surface area contributed by atoms with Crippen LogP contribution in [0.1, 0.15) is 11.1 Å². The molecule has 1 heterocycles. The number of carbonyl (C=O) groups is 1. The summed E-state index contributed by atoms with van der Waals surface area (Å²) < 4.78 is 5.53. The average Bonchev–Trinajstić information content (AvgIpc) is 3.28. The molecule has 0 saturated carbocycles. The topological polar surface area (TPSA) is 51.2 Å². The third-order valence-corrected chi connectivity index (χ3v) is 5.52. The van der Waals surface area contributed by atoms with Crippen molar-refractivity contribution in [3.8, 4) is 27.6 Å². The Hall–Kier alpha value is -3.44. The van der Waals surface area contributed by atoms with Crippen LogP contribution < -0.4 is 10.1 Å². The highest BCUT2D eigenvalue weighted by Crippen LogP contribution is 2.28. The minimum absolute atomic E-state index is 0.00260. The zero-order valence-electron chi connectivity index (χ0n) is 16.7. The van der Waals surface area contributed by atoms with Crippen LogP contribution in [0.25, 0.3) is 21.8 Å². The van der Waals surface area contributed by atoms with Crippen molar-refractivity contribution in [3.63, 3.8) is 0 Å². The van der Waals surface area contributed by atoms with Crippen LogP contribution in [0.2, 0.25) is 0 Å². The molecule has 150 valence electrons. The number of hydrogen-bond donors (Lipinski definition) is 1. The van der Waals surface area contributed by atoms with Crippen LogP contribution >= 0.6 is 11.3 Å². The first-order valence-electron chi connectivity index (χ1n) is 9.74. The van der Waals surface area contributed by atoms with Crippen molar-refractivity contribution in [2.45, 2.75) is 13.5 Å². The van der Waals surface area contributed by atoms with Crippen molar-refractivity contribution in [1.82, 2.24) is 10.3 Å². The number of nitrogens with one attached hydrogen (secondary N) is 1. The van der Waals surface area contributed by atoms with Crippen LogP contribution in [0.3, 0.4) is 0 Å². The van der Waals surface area contributed by atoms with Crippen molar-refractivity contribution in [2.75, 3.05) is 6.61 Å². The molecule has 4 aromatic rings. The van der Waals surface area contributed by atoms with Crippen molar-refractivity contribution in [3.05, 3.63) is 95.4 Å². The van der Waals surface area contributed by atoms with Crippen LogP contribution in [-0.4, -0.2) is 17.5 Å². The fourth-order valence-electron chi connectivity index (χ4n) is 3.02. The molecule has 0 fully saturated rings. The van der Waals surface area contributed by atoms with E-state index in [2.05, 4.69) is 22.8 Å². The number of rotatable bonds is 7. The van der Waals surface area contributed by atoms with E-state index in [-0.39, 0.29) is 12.5 Å². The summed E-state index contributed by atoms with van der Waals surface area (Å²) in [5, 5.41) is 5.97. The SMILES string of the molecule is Cc1cccc(OCC(=O)NCc2ccc(-c3csc(-c4ccccc4)n3)cc2)c1. The van der Waals surface area contributed by atoms with E-state index in [4.69, 9.17) is 9.72 Å². The highest BCUT2D eigenvalue weighted by atomic mass is 32.1. The summed E-state index contributed by atoms with van der Waals surface area (Å²) >= 11 is 1.64. The van der Waals surface area contributed by atoms with Crippen molar-refractivity contribution < 1.29 is 9.53 Å². The number of benzene rings is 3. The third kappa shape index (κ3) is 5.13. The largest absolute Gasteiger partial charge is 0.484 e. The lowest BCUT2D eigenvalue weighted by Crippen LogP contribution is -2.28. The summed E-state index contributed by atoms with van der Waals surface area (Å²) in [6.07, 6.45) is 0. The Kier molecular flexibility index (Phi) is 6.20. The molecule has 0 aliphatic rings. The Morgan fingerprint density at radius 1 is 0.967 bits per heavy atom. The van der Waals surface area contributed by atoms with Crippen molar-refractivity contribution in [2.24, 2.45) is 0 Å². The van der Waals surface area contributed by atoms with Crippen LogP contribution in [-0.2, 0) is 11.3 Å². The second kappa shape index (κ2) is 9.37. The van der Waals surface area contributed by atoms with E-state index in [0.717, 1.165) is 33.0 Å². The Bertz CT molecular complexity index is 1120. The summed E-state index contributed by atoms with van der Waals surface area (Å²) in [6.45, 7) is 2.45. The van der Waals surface area contributed by atoms with Gasteiger partial charge in [0.15, 0.2) is 6.61 Å². The molecule has 0 spiro atoms. The number of hydrogen-bond acceptors (Lipinski definition) is 4. The van der Waals surface area contributed by atoms with Gasteiger partial charge >= 0.3 is 0 Å². The Labute approximate surface area is 180 Å². The molecular formula is C25H22N2O2S. The molecule has 0 atom stereocenters. The smallest absolute Gasteiger partial charge is 0.258 e. The monoisotopic (exact) mass is 414 g/mol. The van der Waals surface area contributed by atoms with E-state index in [1.54, 1.807) is 11.3 Å². The number of nitrogens with zero attached hydrogens (tertiary/aromatic N) is 1. The van der Waals surface area contributed by atoms with Crippen LogP contribution in [0.4, 0.5) is 0 Å². The molecule has 0 bridgehead atoms. The molecule has 30 heavy (non-hydrogen) atoms. The van der Waals surface area contributed by atoms with E-state index < -0.39 is 0 Å². The summed E-state index contributed by atoms with van der Waals surface area (Å²) in [7, 11) is 0. The quantitative estimate of drug-likeness (QED) is 0.436. The Balaban J connectivity index is 1.31. The zero-order valence-corrected chi connectivity index (χ0v) is 17.5. The highest BCUT2D eigenvalue weighted by Gasteiger charge is 2.07. The average molecular weight is 415 g/mol. The van der Waals surface area contributed by atoms with Gasteiger partial charge in [-0.15, -0.1) is 11.3 Å². The maximum absolute atomic E-state index is 12.1. The molecule has 0 aliphatic heterocycles. The molecule has 4 nitrogen and oxygen atoms in total. The maximum Gasteiger partial charge on any atom is 0.258 e. The van der Waals surface area contributed by atoms with Crippen LogP contribution in [0.15, 0.2) is 84.2 Å². The lowest BCUT2D eigenvalue weighted by atomic mass is 10.1. The number of ether oxygens (including phenoxy) is 1. The van der Waals surface area contributed by atoms with Gasteiger partial charge in [0.2, 0.25) is 0 Å². The predicted molar refractivity (Wildman–Crippen MR) is 122 cm³/mol. The molecule has 1 amide bonds. The molecule has 3 aromatic carbocycles. The summed E-state index contributed by atoms with van der Waals surface area (Å²) in [4.78, 5) is 16.8. The van der Waals surface area contributed by atoms with Crippen molar-refractivity contribution in [1.29, 1.82) is 0 Å². The first-order valence-corrected chi connectivity index (χ1v) is 10.6. The second-order valence-electron chi connectivity index (χ2n) is 6.98. The number of amides is 1. The highest BCUT2D eigenvalue weighted by molar-refractivity contribution is 7.13. The Morgan fingerprint density at radius 2 is 1.77 bits per heavy atom. The lowest BCUT2D eigenvalue weighted by Gasteiger charge is -2.08. The minimum Gasteiger partial charge on any atom is -0.484 e. The molecule has 0 radical (unpaired) electrons. The third-order valence-electron chi connectivity index (χ3n) is 4.62. The normalized spacial score (nSPS) is 10.6. The van der Waals surface area contributed by atoms with E-state index >= 15 is 0 Å². The number of thiazole rings is 1. The summed E-state index contributed by atoms with van der Waals surface area (Å²) in [5.41, 5.74) is 5.28. The van der Waals surface area contributed by atoms with Gasteiger partial charge in [-0.3, -0.25) is 4.79 Å². The molecule has 5 heteroatoms. The van der Waals surface area contributed by atoms with E-state index in [9.17, 15) is 4.79 Å². The van der Waals surface area contributed by atoms with Crippen LogP contribution in [0.5, 0.6) is 5.75 Å². The standard InChI is InChI=1S/C25H22N2O2S/c1-18-6-5-9-22(14-18)29-16-24(28)26-15-19-10-12-20(13-11-19)23-17-30-25(27-23)21-7-3-2-4-8-21/h2-14,17H,15-16H2,1H3,(H,26,28). The van der Waals surface area contributed by atoms with Gasteiger partial charge in [-0.1, -0.05) is 66.7 Å². The van der Waals surface area contributed by atoms with Gasteiger partial charge in [-0.2, -0.15) is 0 Å². The van der Waals surface area contributed by atoms with Crippen molar-refractivity contribution >= 4 is 17.2 Å². The fraction of sp³-hybridized carbons (Fsp3) is 0.120. The number of aromatic nitrogens is 1. The molecule has 0 saturated heterocycles. The molecule has 0 unspecified atom stereocenters. The minimum atomic E-state index is -0.146. The van der Waals surface area contributed by atoms with E-state index in [1.807, 2.05) is 73.7 Å². The van der Waals surface area contributed by atoms with Gasteiger partial charge in [-0.05, 0) is 30.2 Å². The maximum atomic E-state index is 12.1. The van der Waals surface area contributed by atoms with Gasteiger partial charge in [0.05, 0.1) is 5.69 Å². The van der Waals surface area contributed by atoms with Gasteiger partial charge in [0.25, 0.3) is 5.91 Å². The Morgan fingerprint density at radius 3 is 2.53 bits per heavy atom. The first kappa shape index (κ1) is 19.9. The second-order valence-corrected chi connectivity index (χ2v) is 7.84.